The van der Waals surface area contributed by atoms with Crippen LogP contribution in [-0.4, -0.2) is 42.4 Å². The van der Waals surface area contributed by atoms with Crippen LogP contribution >= 0.6 is 23.5 Å². The molecule has 0 unspecified atom stereocenters. The molecule has 152 valence electrons. The van der Waals surface area contributed by atoms with Gasteiger partial charge in [0, 0.05) is 24.5 Å². The lowest BCUT2D eigenvalue weighted by molar-refractivity contribution is -0.119. The van der Waals surface area contributed by atoms with E-state index in [0.717, 1.165) is 33.9 Å². The second kappa shape index (κ2) is 9.73. The zero-order chi connectivity index (χ0) is 20.1. The summed E-state index contributed by atoms with van der Waals surface area (Å²) in [7, 11) is 1.93. The van der Waals surface area contributed by atoms with Crippen LogP contribution in [0, 0.1) is 19.8 Å². The molecule has 0 bridgehead atoms. The van der Waals surface area contributed by atoms with E-state index in [1.165, 1.54) is 31.0 Å². The van der Waals surface area contributed by atoms with Gasteiger partial charge in [-0.3, -0.25) is 4.79 Å². The summed E-state index contributed by atoms with van der Waals surface area (Å²) in [6, 6.07) is 2.27. The number of amides is 1. The Labute approximate surface area is 174 Å². The molecule has 7 nitrogen and oxygen atoms in total. The van der Waals surface area contributed by atoms with E-state index < -0.39 is 0 Å². The normalized spacial score (nSPS) is 19.6. The molecule has 0 spiro atoms. The van der Waals surface area contributed by atoms with Crippen LogP contribution in [0.15, 0.2) is 16.4 Å². The Hall–Kier alpha value is -1.61. The standard InChI is InChI=1S/C19H28N6OS2/c1-12-7-5-6-8-15(12)22-17(26)11-28-19-24-23-16(25(19)4)10-27-18-20-13(2)9-14(3)21-18/h9,12,15H,5-8,10-11H2,1-4H3,(H,22,26)/t12-,15+/m1/s1. The van der Waals surface area contributed by atoms with Crippen molar-refractivity contribution in [3.63, 3.8) is 0 Å². The lowest BCUT2D eigenvalue weighted by Crippen LogP contribution is -2.41. The third kappa shape index (κ3) is 5.70. The quantitative estimate of drug-likeness (QED) is 0.543. The van der Waals surface area contributed by atoms with E-state index >= 15 is 0 Å². The van der Waals surface area contributed by atoms with Gasteiger partial charge in [0.05, 0.1) is 11.5 Å². The fourth-order valence-corrected chi connectivity index (χ4v) is 5.06. The van der Waals surface area contributed by atoms with Gasteiger partial charge in [0.2, 0.25) is 5.91 Å². The van der Waals surface area contributed by atoms with Gasteiger partial charge in [0.15, 0.2) is 10.3 Å². The van der Waals surface area contributed by atoms with Crippen molar-refractivity contribution in [3.05, 3.63) is 23.3 Å². The maximum absolute atomic E-state index is 12.3. The number of rotatable bonds is 7. The monoisotopic (exact) mass is 420 g/mol. The van der Waals surface area contributed by atoms with Crippen LogP contribution in [0.1, 0.15) is 49.8 Å². The summed E-state index contributed by atoms with van der Waals surface area (Å²) in [6.45, 7) is 6.16. The van der Waals surface area contributed by atoms with Gasteiger partial charge < -0.3 is 9.88 Å². The summed E-state index contributed by atoms with van der Waals surface area (Å²) < 4.78 is 1.94. The topological polar surface area (TPSA) is 85.6 Å². The summed E-state index contributed by atoms with van der Waals surface area (Å²) in [6.07, 6.45) is 4.77. The molecule has 2 heterocycles. The molecule has 0 saturated heterocycles. The van der Waals surface area contributed by atoms with Crippen molar-refractivity contribution in [2.75, 3.05) is 5.75 Å². The molecule has 1 amide bonds. The number of nitrogens with zero attached hydrogens (tertiary/aromatic N) is 5. The molecule has 9 heteroatoms. The minimum Gasteiger partial charge on any atom is -0.352 e. The Kier molecular flexibility index (Phi) is 7.34. The molecular weight excluding hydrogens is 392 g/mol. The van der Waals surface area contributed by atoms with Crippen molar-refractivity contribution in [2.45, 2.75) is 68.6 Å². The third-order valence-electron chi connectivity index (χ3n) is 5.01. The Morgan fingerprint density at radius 1 is 1.18 bits per heavy atom. The highest BCUT2D eigenvalue weighted by Crippen LogP contribution is 2.25. The van der Waals surface area contributed by atoms with E-state index in [0.29, 0.717) is 23.5 Å². The average molecular weight is 421 g/mol. The third-order valence-corrected chi connectivity index (χ3v) is 6.87. The van der Waals surface area contributed by atoms with Crippen LogP contribution in [0.25, 0.3) is 0 Å². The van der Waals surface area contributed by atoms with Gasteiger partial charge in [-0.1, -0.05) is 43.3 Å². The van der Waals surface area contributed by atoms with Crippen molar-refractivity contribution < 1.29 is 4.79 Å². The molecule has 28 heavy (non-hydrogen) atoms. The van der Waals surface area contributed by atoms with Gasteiger partial charge in [0.25, 0.3) is 0 Å². The number of nitrogens with one attached hydrogen (secondary N) is 1. The Morgan fingerprint density at radius 2 is 1.89 bits per heavy atom. The lowest BCUT2D eigenvalue weighted by Gasteiger charge is -2.29. The number of hydrogen-bond acceptors (Lipinski definition) is 7. The zero-order valence-corrected chi connectivity index (χ0v) is 18.6. The SMILES string of the molecule is Cc1cc(C)nc(SCc2nnc(SCC(=O)N[C@H]3CCCC[C@H]3C)n2C)n1. The Bertz CT molecular complexity index is 805. The highest BCUT2D eigenvalue weighted by atomic mass is 32.2. The molecule has 1 saturated carbocycles. The summed E-state index contributed by atoms with van der Waals surface area (Å²) in [5.41, 5.74) is 1.92. The summed E-state index contributed by atoms with van der Waals surface area (Å²) >= 11 is 2.97. The number of aryl methyl sites for hydroxylation is 2. The van der Waals surface area contributed by atoms with Gasteiger partial charge in [-0.25, -0.2) is 9.97 Å². The van der Waals surface area contributed by atoms with E-state index in [9.17, 15) is 4.79 Å². The second-order valence-corrected chi connectivity index (χ2v) is 9.29. The van der Waals surface area contributed by atoms with E-state index in [1.807, 2.05) is 31.5 Å². The van der Waals surface area contributed by atoms with Crippen LogP contribution in [0.2, 0.25) is 0 Å². The molecule has 0 aromatic carbocycles. The van der Waals surface area contributed by atoms with Crippen LogP contribution in [-0.2, 0) is 17.6 Å². The fraction of sp³-hybridized carbons (Fsp3) is 0.632. The fourth-order valence-electron chi connectivity index (χ4n) is 3.39. The number of carbonyl (C=O) groups excluding carboxylic acids is 1. The molecule has 1 N–H and O–H groups in total. The summed E-state index contributed by atoms with van der Waals surface area (Å²) in [5, 5.41) is 13.2. The zero-order valence-electron chi connectivity index (χ0n) is 16.9. The van der Waals surface area contributed by atoms with Gasteiger partial charge in [0.1, 0.15) is 5.82 Å². The molecule has 1 aliphatic rings. The first kappa shape index (κ1) is 21.1. The Balaban J connectivity index is 1.50. The van der Waals surface area contributed by atoms with E-state index in [2.05, 4.69) is 32.4 Å². The molecule has 0 radical (unpaired) electrons. The summed E-state index contributed by atoms with van der Waals surface area (Å²) in [4.78, 5) is 21.2. The van der Waals surface area contributed by atoms with Gasteiger partial charge >= 0.3 is 0 Å². The average Bonchev–Trinajstić information content (AvgIpc) is 2.99. The van der Waals surface area contributed by atoms with Crippen molar-refractivity contribution in [1.82, 2.24) is 30.0 Å². The molecule has 1 fully saturated rings. The van der Waals surface area contributed by atoms with Gasteiger partial charge in [-0.05, 0) is 38.7 Å². The largest absolute Gasteiger partial charge is 0.352 e. The first-order chi connectivity index (χ1) is 13.4. The summed E-state index contributed by atoms with van der Waals surface area (Å²) in [5.74, 6) is 2.48. The maximum atomic E-state index is 12.3. The molecule has 2 aromatic rings. The number of carbonyl (C=O) groups is 1. The smallest absolute Gasteiger partial charge is 0.230 e. The number of aromatic nitrogens is 5. The first-order valence-corrected chi connectivity index (χ1v) is 11.6. The van der Waals surface area contributed by atoms with Crippen LogP contribution in [0.4, 0.5) is 0 Å². The first-order valence-electron chi connectivity index (χ1n) is 9.68. The highest BCUT2D eigenvalue weighted by Gasteiger charge is 2.23. The van der Waals surface area contributed by atoms with Crippen molar-refractivity contribution in [1.29, 1.82) is 0 Å². The predicted molar refractivity (Wildman–Crippen MR) is 112 cm³/mol. The van der Waals surface area contributed by atoms with E-state index in [4.69, 9.17) is 0 Å². The van der Waals surface area contributed by atoms with E-state index in [1.54, 1.807) is 11.8 Å². The molecule has 1 aliphatic carbocycles. The van der Waals surface area contributed by atoms with Gasteiger partial charge in [-0.2, -0.15) is 0 Å². The second-order valence-electron chi connectivity index (χ2n) is 7.40. The minimum absolute atomic E-state index is 0.0753. The van der Waals surface area contributed by atoms with Crippen molar-refractivity contribution >= 4 is 29.4 Å². The molecule has 2 aromatic heterocycles. The maximum Gasteiger partial charge on any atom is 0.230 e. The Morgan fingerprint density at radius 3 is 2.61 bits per heavy atom. The molecule has 2 atom stereocenters. The van der Waals surface area contributed by atoms with Crippen molar-refractivity contribution in [3.8, 4) is 0 Å². The van der Waals surface area contributed by atoms with Crippen LogP contribution < -0.4 is 5.32 Å². The number of hydrogen-bond donors (Lipinski definition) is 1. The van der Waals surface area contributed by atoms with Crippen molar-refractivity contribution in [2.24, 2.45) is 13.0 Å². The van der Waals surface area contributed by atoms with Crippen LogP contribution in [0.5, 0.6) is 0 Å². The van der Waals surface area contributed by atoms with Crippen LogP contribution in [0.3, 0.4) is 0 Å². The molecule has 3 rings (SSSR count). The molecule has 0 aliphatic heterocycles. The van der Waals surface area contributed by atoms with Gasteiger partial charge in [-0.15, -0.1) is 10.2 Å². The highest BCUT2D eigenvalue weighted by molar-refractivity contribution is 7.99. The molecular formula is C19H28N6OS2. The lowest BCUT2D eigenvalue weighted by atomic mass is 9.86. The number of thioether (sulfide) groups is 2. The van der Waals surface area contributed by atoms with E-state index in [-0.39, 0.29) is 5.91 Å². The predicted octanol–water partition coefficient (Wildman–Crippen LogP) is 3.30. The minimum atomic E-state index is 0.0753.